The Balaban J connectivity index is 0.00000280. The first-order valence-electron chi connectivity index (χ1n) is 9.48. The quantitative estimate of drug-likeness (QED) is 0.299. The number of pyridine rings is 1. The molecule has 3 rings (SSSR count). The number of ether oxygens (including phenoxy) is 1. The van der Waals surface area contributed by atoms with Gasteiger partial charge in [-0.05, 0) is 43.2 Å². The molecule has 2 heterocycles. The first-order valence-corrected chi connectivity index (χ1v) is 9.48. The van der Waals surface area contributed by atoms with Crippen LogP contribution in [0.15, 0.2) is 47.7 Å². The number of aromatic nitrogens is 1. The zero-order valence-corrected chi connectivity index (χ0v) is 19.2. The molecule has 2 aromatic rings. The van der Waals surface area contributed by atoms with E-state index < -0.39 is 0 Å². The van der Waals surface area contributed by atoms with Gasteiger partial charge in [-0.25, -0.2) is 0 Å². The van der Waals surface area contributed by atoms with E-state index in [9.17, 15) is 0 Å². The van der Waals surface area contributed by atoms with Gasteiger partial charge in [-0.2, -0.15) is 0 Å². The molecule has 0 unspecified atom stereocenters. The lowest BCUT2D eigenvalue weighted by Gasteiger charge is -2.38. The lowest BCUT2D eigenvalue weighted by atomic mass is 10.1. The van der Waals surface area contributed by atoms with Crippen molar-refractivity contribution in [2.45, 2.75) is 13.8 Å². The van der Waals surface area contributed by atoms with E-state index in [1.165, 1.54) is 16.8 Å². The second-order valence-electron chi connectivity index (χ2n) is 6.70. The molecule has 0 radical (unpaired) electrons. The molecule has 0 aliphatic carbocycles. The molecular formula is C21H30IN5O. The van der Waals surface area contributed by atoms with E-state index in [0.717, 1.165) is 37.9 Å². The number of rotatable bonds is 5. The third kappa shape index (κ3) is 5.73. The first-order chi connectivity index (χ1) is 13.2. The van der Waals surface area contributed by atoms with Gasteiger partial charge in [0.25, 0.3) is 0 Å². The number of hydrogen-bond donors (Lipinski definition) is 1. The monoisotopic (exact) mass is 495 g/mol. The molecule has 152 valence electrons. The summed E-state index contributed by atoms with van der Waals surface area (Å²) in [6, 6.07) is 10.3. The Bertz CT molecular complexity index is 761. The predicted octanol–water partition coefficient (Wildman–Crippen LogP) is 3.09. The van der Waals surface area contributed by atoms with E-state index in [0.29, 0.717) is 13.2 Å². The van der Waals surface area contributed by atoms with Crippen LogP contribution >= 0.6 is 24.0 Å². The van der Waals surface area contributed by atoms with Crippen LogP contribution in [0.3, 0.4) is 0 Å². The highest BCUT2D eigenvalue weighted by Gasteiger charge is 2.20. The first kappa shape index (κ1) is 22.3. The number of guanidine groups is 1. The van der Waals surface area contributed by atoms with Gasteiger partial charge in [-0.1, -0.05) is 12.1 Å². The number of anilines is 1. The summed E-state index contributed by atoms with van der Waals surface area (Å²) in [4.78, 5) is 13.3. The second kappa shape index (κ2) is 11.1. The number of nitrogens with one attached hydrogen (secondary N) is 1. The molecule has 0 atom stereocenters. The fraction of sp³-hybridized carbons (Fsp3) is 0.429. The van der Waals surface area contributed by atoms with Crippen molar-refractivity contribution in [1.82, 2.24) is 15.2 Å². The molecule has 6 nitrogen and oxygen atoms in total. The molecule has 0 spiro atoms. The summed E-state index contributed by atoms with van der Waals surface area (Å²) in [5.74, 6) is 1.72. The molecule has 1 aliphatic rings. The Morgan fingerprint density at radius 1 is 1.14 bits per heavy atom. The van der Waals surface area contributed by atoms with Crippen molar-refractivity contribution in [3.63, 3.8) is 0 Å². The van der Waals surface area contributed by atoms with Crippen LogP contribution in [-0.4, -0.2) is 62.2 Å². The number of hydrogen-bond acceptors (Lipinski definition) is 4. The number of aliphatic imine (C=N–C) groups is 1. The molecule has 1 fully saturated rings. The van der Waals surface area contributed by atoms with Gasteiger partial charge in [0.1, 0.15) is 12.4 Å². The summed E-state index contributed by atoms with van der Waals surface area (Å²) >= 11 is 0. The molecule has 0 saturated carbocycles. The van der Waals surface area contributed by atoms with Gasteiger partial charge in [-0.15, -0.1) is 24.0 Å². The number of benzene rings is 1. The summed E-state index contributed by atoms with van der Waals surface area (Å²) in [5.41, 5.74) is 4.07. The predicted molar refractivity (Wildman–Crippen MR) is 126 cm³/mol. The Kier molecular flexibility index (Phi) is 8.82. The van der Waals surface area contributed by atoms with E-state index in [1.54, 1.807) is 12.4 Å². The topological polar surface area (TPSA) is 53.0 Å². The zero-order chi connectivity index (χ0) is 19.1. The van der Waals surface area contributed by atoms with Crippen LogP contribution in [0.5, 0.6) is 5.75 Å². The minimum absolute atomic E-state index is 0. The van der Waals surface area contributed by atoms with E-state index in [2.05, 4.69) is 57.1 Å². The van der Waals surface area contributed by atoms with E-state index >= 15 is 0 Å². The summed E-state index contributed by atoms with van der Waals surface area (Å²) in [6.07, 6.45) is 3.46. The highest BCUT2D eigenvalue weighted by atomic mass is 127. The highest BCUT2D eigenvalue weighted by Crippen LogP contribution is 2.23. The van der Waals surface area contributed by atoms with Gasteiger partial charge in [0.05, 0.1) is 12.7 Å². The van der Waals surface area contributed by atoms with Crippen molar-refractivity contribution in [2.24, 2.45) is 4.99 Å². The van der Waals surface area contributed by atoms with E-state index in [4.69, 9.17) is 4.74 Å². The Morgan fingerprint density at radius 3 is 2.61 bits per heavy atom. The standard InChI is InChI=1S/C21H29N5O.HI/c1-17-6-4-8-20(18(17)2)25-11-13-26(14-12-25)21(22-3)24-10-15-27-19-7-5-9-23-16-19;/h4-9,16H,10-15H2,1-3H3,(H,22,24);1H. The Morgan fingerprint density at radius 2 is 1.93 bits per heavy atom. The average molecular weight is 495 g/mol. The van der Waals surface area contributed by atoms with Gasteiger partial charge in [-0.3, -0.25) is 9.98 Å². The average Bonchev–Trinajstić information content (AvgIpc) is 2.71. The Hall–Kier alpha value is -2.03. The van der Waals surface area contributed by atoms with Crippen LogP contribution in [-0.2, 0) is 0 Å². The van der Waals surface area contributed by atoms with Crippen molar-refractivity contribution in [3.8, 4) is 5.75 Å². The number of aryl methyl sites for hydroxylation is 1. The maximum absolute atomic E-state index is 5.68. The summed E-state index contributed by atoms with van der Waals surface area (Å²) in [7, 11) is 1.83. The fourth-order valence-corrected chi connectivity index (χ4v) is 3.33. The summed E-state index contributed by atoms with van der Waals surface area (Å²) in [5, 5.41) is 3.40. The summed E-state index contributed by atoms with van der Waals surface area (Å²) in [6.45, 7) is 9.57. The van der Waals surface area contributed by atoms with Gasteiger partial charge in [0.15, 0.2) is 5.96 Å². The van der Waals surface area contributed by atoms with Gasteiger partial charge in [0.2, 0.25) is 0 Å². The maximum atomic E-state index is 5.68. The zero-order valence-electron chi connectivity index (χ0n) is 16.9. The molecule has 1 N–H and O–H groups in total. The van der Waals surface area contributed by atoms with E-state index in [1.807, 2.05) is 19.2 Å². The smallest absolute Gasteiger partial charge is 0.193 e. The minimum atomic E-state index is 0. The summed E-state index contributed by atoms with van der Waals surface area (Å²) < 4.78 is 5.68. The van der Waals surface area contributed by atoms with Gasteiger partial charge in [0, 0.05) is 45.1 Å². The van der Waals surface area contributed by atoms with Crippen LogP contribution < -0.4 is 15.0 Å². The van der Waals surface area contributed by atoms with Crippen molar-refractivity contribution >= 4 is 35.6 Å². The molecule has 1 aromatic heterocycles. The molecule has 1 aromatic carbocycles. The minimum Gasteiger partial charge on any atom is -0.490 e. The van der Waals surface area contributed by atoms with Crippen LogP contribution in [0.25, 0.3) is 0 Å². The maximum Gasteiger partial charge on any atom is 0.193 e. The van der Waals surface area contributed by atoms with Gasteiger partial charge < -0.3 is 19.9 Å². The lowest BCUT2D eigenvalue weighted by molar-refractivity contribution is 0.314. The van der Waals surface area contributed by atoms with Crippen molar-refractivity contribution < 1.29 is 4.74 Å². The number of piperazine rings is 1. The molecule has 1 aliphatic heterocycles. The SMILES string of the molecule is CN=C(NCCOc1cccnc1)N1CCN(c2cccc(C)c2C)CC1.I. The third-order valence-electron chi connectivity index (χ3n) is 5.00. The normalized spacial score (nSPS) is 14.5. The molecule has 7 heteroatoms. The Labute approximate surface area is 185 Å². The van der Waals surface area contributed by atoms with Crippen LogP contribution in [0, 0.1) is 13.8 Å². The van der Waals surface area contributed by atoms with Crippen molar-refractivity contribution in [3.05, 3.63) is 53.9 Å². The number of nitrogens with zero attached hydrogens (tertiary/aromatic N) is 4. The van der Waals surface area contributed by atoms with Crippen LogP contribution in [0.1, 0.15) is 11.1 Å². The second-order valence-corrected chi connectivity index (χ2v) is 6.70. The van der Waals surface area contributed by atoms with Crippen molar-refractivity contribution in [2.75, 3.05) is 51.3 Å². The largest absolute Gasteiger partial charge is 0.490 e. The van der Waals surface area contributed by atoms with Crippen LogP contribution in [0.4, 0.5) is 5.69 Å². The molecule has 28 heavy (non-hydrogen) atoms. The van der Waals surface area contributed by atoms with Gasteiger partial charge >= 0.3 is 0 Å². The molecule has 0 amide bonds. The third-order valence-corrected chi connectivity index (χ3v) is 5.00. The van der Waals surface area contributed by atoms with Crippen molar-refractivity contribution in [1.29, 1.82) is 0 Å². The molecule has 1 saturated heterocycles. The van der Waals surface area contributed by atoms with E-state index in [-0.39, 0.29) is 24.0 Å². The van der Waals surface area contributed by atoms with Crippen LogP contribution in [0.2, 0.25) is 0 Å². The number of halogens is 1. The molecule has 0 bridgehead atoms. The molecular weight excluding hydrogens is 465 g/mol. The fourth-order valence-electron chi connectivity index (χ4n) is 3.33. The lowest BCUT2D eigenvalue weighted by Crippen LogP contribution is -2.53. The highest BCUT2D eigenvalue weighted by molar-refractivity contribution is 14.0.